The van der Waals surface area contributed by atoms with Crippen molar-refractivity contribution in [1.29, 1.82) is 0 Å². The third-order valence-electron chi connectivity index (χ3n) is 8.94. The van der Waals surface area contributed by atoms with Crippen LogP contribution in [0.4, 0.5) is 0 Å². The minimum atomic E-state index is 0.210. The van der Waals surface area contributed by atoms with E-state index in [-0.39, 0.29) is 5.41 Å². The van der Waals surface area contributed by atoms with Gasteiger partial charge in [-0.1, -0.05) is 43.3 Å². The molecule has 2 aromatic carbocycles. The standard InChI is InChI=1S/C28H35NO2/c1-20-26-27(19-29(26)16-21-8-9-21)15-23-10-11-24(30-2)14-25(23)28(20,18-27)12-13-31-17-22-6-4-3-5-7-22/h3-7,10-11,14,20-21,26H,8-9,12-13,15-19H2,1-2H3/t20-,26?,27?,28?/m0/s1. The zero-order valence-corrected chi connectivity index (χ0v) is 19.0. The first-order valence-electron chi connectivity index (χ1n) is 12.2. The summed E-state index contributed by atoms with van der Waals surface area (Å²) >= 11 is 0. The van der Waals surface area contributed by atoms with Gasteiger partial charge in [0.2, 0.25) is 0 Å². The molecule has 3 unspecified atom stereocenters. The van der Waals surface area contributed by atoms with Crippen LogP contribution < -0.4 is 4.74 Å². The van der Waals surface area contributed by atoms with Crippen LogP contribution in [0.2, 0.25) is 0 Å². The fraction of sp³-hybridized carbons (Fsp3) is 0.571. The third kappa shape index (κ3) is 3.15. The molecule has 3 heteroatoms. The van der Waals surface area contributed by atoms with Crippen LogP contribution in [0.1, 0.15) is 49.3 Å². The molecule has 6 rings (SSSR count). The molecule has 1 heterocycles. The SMILES string of the molecule is COc1ccc2c(c1)C1(CCOCc3ccccc3)CC3(C2)CN(CC2CC2)C3[C@@H]1C. The van der Waals surface area contributed by atoms with Gasteiger partial charge in [-0.15, -0.1) is 0 Å². The highest BCUT2D eigenvalue weighted by Crippen LogP contribution is 2.67. The van der Waals surface area contributed by atoms with E-state index in [9.17, 15) is 0 Å². The highest BCUT2D eigenvalue weighted by molar-refractivity contribution is 5.48. The molecule has 0 N–H and O–H groups in total. The van der Waals surface area contributed by atoms with Gasteiger partial charge in [-0.3, -0.25) is 4.90 Å². The monoisotopic (exact) mass is 417 g/mol. The minimum Gasteiger partial charge on any atom is -0.497 e. The summed E-state index contributed by atoms with van der Waals surface area (Å²) < 4.78 is 11.9. The number of benzene rings is 2. The van der Waals surface area contributed by atoms with E-state index in [1.54, 1.807) is 18.2 Å². The number of hydrogen-bond acceptors (Lipinski definition) is 3. The Hall–Kier alpha value is -1.84. The lowest BCUT2D eigenvalue weighted by molar-refractivity contribution is -0.0692. The van der Waals surface area contributed by atoms with Crippen molar-refractivity contribution in [3.8, 4) is 5.75 Å². The molecule has 4 atom stereocenters. The van der Waals surface area contributed by atoms with Gasteiger partial charge in [0.1, 0.15) is 5.75 Å². The summed E-state index contributed by atoms with van der Waals surface area (Å²) in [4.78, 5) is 2.85. The Morgan fingerprint density at radius 2 is 1.94 bits per heavy atom. The Labute approximate surface area is 186 Å². The van der Waals surface area contributed by atoms with E-state index in [2.05, 4.69) is 60.4 Å². The van der Waals surface area contributed by atoms with Crippen molar-refractivity contribution in [2.45, 2.75) is 57.1 Å². The number of hydrogen-bond donors (Lipinski definition) is 0. The van der Waals surface area contributed by atoms with Crippen LogP contribution in [0, 0.1) is 17.3 Å². The van der Waals surface area contributed by atoms with E-state index in [1.807, 2.05) is 0 Å². The number of nitrogens with zero attached hydrogens (tertiary/aromatic N) is 1. The van der Waals surface area contributed by atoms with Crippen LogP contribution in [0.3, 0.4) is 0 Å². The van der Waals surface area contributed by atoms with Crippen LogP contribution in [0.25, 0.3) is 0 Å². The predicted octanol–water partition coefficient (Wildman–Crippen LogP) is 5.22. The second kappa shape index (κ2) is 7.35. The molecule has 1 spiro atoms. The zero-order chi connectivity index (χ0) is 21.1. The van der Waals surface area contributed by atoms with Crippen molar-refractivity contribution in [3.63, 3.8) is 0 Å². The molecule has 2 bridgehead atoms. The first-order valence-corrected chi connectivity index (χ1v) is 12.2. The normalized spacial score (nSPS) is 33.5. The third-order valence-corrected chi connectivity index (χ3v) is 8.94. The second-order valence-corrected chi connectivity index (χ2v) is 10.8. The van der Waals surface area contributed by atoms with Crippen molar-refractivity contribution in [2.75, 3.05) is 26.8 Å². The molecule has 0 radical (unpaired) electrons. The molecular formula is C28H35NO2. The van der Waals surface area contributed by atoms with Crippen molar-refractivity contribution in [2.24, 2.45) is 17.3 Å². The van der Waals surface area contributed by atoms with Gasteiger partial charge in [-0.05, 0) is 72.8 Å². The van der Waals surface area contributed by atoms with Crippen LogP contribution in [0.15, 0.2) is 48.5 Å². The lowest BCUT2D eigenvalue weighted by Gasteiger charge is -2.56. The van der Waals surface area contributed by atoms with Crippen LogP contribution >= 0.6 is 0 Å². The fourth-order valence-corrected chi connectivity index (χ4v) is 7.49. The van der Waals surface area contributed by atoms with Crippen LogP contribution in [-0.2, 0) is 23.2 Å². The van der Waals surface area contributed by atoms with Crippen molar-refractivity contribution >= 4 is 0 Å². The maximum absolute atomic E-state index is 6.23. The summed E-state index contributed by atoms with van der Waals surface area (Å²) in [5.41, 5.74) is 5.07. The molecule has 2 saturated carbocycles. The van der Waals surface area contributed by atoms with E-state index in [1.165, 1.54) is 44.3 Å². The maximum atomic E-state index is 6.23. The summed E-state index contributed by atoms with van der Waals surface area (Å²) in [5.74, 6) is 2.63. The molecule has 164 valence electrons. The Morgan fingerprint density at radius 1 is 1.10 bits per heavy atom. The molecule has 1 aliphatic heterocycles. The molecule has 2 aromatic rings. The molecule has 3 aliphatic carbocycles. The van der Waals surface area contributed by atoms with Gasteiger partial charge in [-0.25, -0.2) is 0 Å². The Morgan fingerprint density at radius 3 is 2.71 bits per heavy atom. The summed E-state index contributed by atoms with van der Waals surface area (Å²) in [6.07, 6.45) is 6.56. The fourth-order valence-electron chi connectivity index (χ4n) is 7.49. The highest BCUT2D eigenvalue weighted by Gasteiger charge is 2.69. The Kier molecular flexibility index (Phi) is 4.70. The lowest BCUT2D eigenvalue weighted by Crippen LogP contribution is -2.64. The molecule has 3 nitrogen and oxygen atoms in total. The number of likely N-dealkylation sites (tertiary alicyclic amines) is 1. The smallest absolute Gasteiger partial charge is 0.119 e. The van der Waals surface area contributed by atoms with Crippen molar-refractivity contribution < 1.29 is 9.47 Å². The second-order valence-electron chi connectivity index (χ2n) is 10.8. The average Bonchev–Trinajstić information content (AvgIpc) is 3.58. The van der Waals surface area contributed by atoms with Gasteiger partial charge in [0.15, 0.2) is 0 Å². The zero-order valence-electron chi connectivity index (χ0n) is 19.0. The summed E-state index contributed by atoms with van der Waals surface area (Å²) in [7, 11) is 1.79. The van der Waals surface area contributed by atoms with Gasteiger partial charge in [0, 0.05) is 36.6 Å². The van der Waals surface area contributed by atoms with Gasteiger partial charge in [0.05, 0.1) is 13.7 Å². The molecule has 0 amide bonds. The van der Waals surface area contributed by atoms with Crippen molar-refractivity contribution in [1.82, 2.24) is 4.90 Å². The topological polar surface area (TPSA) is 21.7 Å². The molecular weight excluding hydrogens is 382 g/mol. The molecule has 1 saturated heterocycles. The van der Waals surface area contributed by atoms with E-state index < -0.39 is 0 Å². The highest BCUT2D eigenvalue weighted by atomic mass is 16.5. The average molecular weight is 418 g/mol. The lowest BCUT2D eigenvalue weighted by atomic mass is 9.61. The number of rotatable bonds is 8. The van der Waals surface area contributed by atoms with E-state index in [0.29, 0.717) is 17.9 Å². The van der Waals surface area contributed by atoms with Crippen LogP contribution in [0.5, 0.6) is 5.75 Å². The largest absolute Gasteiger partial charge is 0.497 e. The van der Waals surface area contributed by atoms with Gasteiger partial charge in [-0.2, -0.15) is 0 Å². The van der Waals surface area contributed by atoms with E-state index in [0.717, 1.165) is 30.7 Å². The molecule has 0 aromatic heterocycles. The molecule has 31 heavy (non-hydrogen) atoms. The van der Waals surface area contributed by atoms with Gasteiger partial charge in [0.25, 0.3) is 0 Å². The first kappa shape index (κ1) is 19.8. The minimum absolute atomic E-state index is 0.210. The predicted molar refractivity (Wildman–Crippen MR) is 123 cm³/mol. The summed E-state index contributed by atoms with van der Waals surface area (Å²) in [5, 5.41) is 0. The summed E-state index contributed by atoms with van der Waals surface area (Å²) in [6, 6.07) is 18.2. The van der Waals surface area contributed by atoms with Crippen LogP contribution in [-0.4, -0.2) is 37.7 Å². The first-order chi connectivity index (χ1) is 15.1. The number of fused-ring (bicyclic) bond motifs is 3. The Balaban J connectivity index is 1.27. The maximum Gasteiger partial charge on any atom is 0.119 e. The van der Waals surface area contributed by atoms with Crippen molar-refractivity contribution in [3.05, 3.63) is 65.2 Å². The van der Waals surface area contributed by atoms with Gasteiger partial charge < -0.3 is 9.47 Å². The molecule has 4 aliphatic rings. The van der Waals surface area contributed by atoms with Gasteiger partial charge >= 0.3 is 0 Å². The molecule has 3 fully saturated rings. The summed E-state index contributed by atoms with van der Waals surface area (Å²) in [6.45, 7) is 6.70. The van der Waals surface area contributed by atoms with E-state index in [4.69, 9.17) is 9.47 Å². The quantitative estimate of drug-likeness (QED) is 0.550. The van der Waals surface area contributed by atoms with E-state index >= 15 is 0 Å². The Bertz CT molecular complexity index is 955. The number of ether oxygens (including phenoxy) is 2. The number of methoxy groups -OCH3 is 1.